The Balaban J connectivity index is 2.01. The monoisotopic (exact) mass is 359 g/mol. The van der Waals surface area contributed by atoms with Crippen LogP contribution < -0.4 is 0 Å². The minimum absolute atomic E-state index is 0.354. The first-order valence-corrected chi connectivity index (χ1v) is 9.00. The first kappa shape index (κ1) is 18.5. The van der Waals surface area contributed by atoms with Crippen LogP contribution in [0.2, 0.25) is 0 Å². The first-order valence-electron chi connectivity index (χ1n) is 9.00. The highest BCUT2D eigenvalue weighted by atomic mass is 19.1. The molecule has 1 fully saturated rings. The predicted molar refractivity (Wildman–Crippen MR) is 96.0 cm³/mol. The summed E-state index contributed by atoms with van der Waals surface area (Å²) < 4.78 is 28.0. The fraction of sp³-hybridized carbons (Fsp3) is 0.381. The summed E-state index contributed by atoms with van der Waals surface area (Å²) in [6.07, 6.45) is 2.27. The molecule has 0 aromatic heterocycles. The molecule has 1 N–H and O–H groups in total. The van der Waals surface area contributed by atoms with Gasteiger partial charge in [0.1, 0.15) is 11.6 Å². The number of carboxylic acid groups (broad SMARTS) is 1. The number of aryl methyl sites for hydroxylation is 1. The molecule has 0 radical (unpaired) electrons. The molecule has 3 nitrogen and oxygen atoms in total. The Labute approximate surface area is 152 Å². The number of piperidine rings is 1. The van der Waals surface area contributed by atoms with E-state index in [4.69, 9.17) is 0 Å². The van der Waals surface area contributed by atoms with Gasteiger partial charge >= 0.3 is 5.97 Å². The van der Waals surface area contributed by atoms with Crippen LogP contribution in [0.25, 0.3) is 0 Å². The van der Waals surface area contributed by atoms with E-state index >= 15 is 0 Å². The van der Waals surface area contributed by atoms with Gasteiger partial charge in [-0.3, -0.25) is 9.69 Å². The number of rotatable bonds is 5. The van der Waals surface area contributed by atoms with E-state index in [1.165, 1.54) is 17.7 Å². The molecule has 0 aliphatic carbocycles. The van der Waals surface area contributed by atoms with Crippen LogP contribution in [0.3, 0.4) is 0 Å². The second-order valence-corrected chi connectivity index (χ2v) is 6.84. The smallest absolute Gasteiger partial charge is 0.307 e. The summed E-state index contributed by atoms with van der Waals surface area (Å²) in [4.78, 5) is 13.4. The molecule has 0 saturated carbocycles. The predicted octanol–water partition coefficient (Wildman–Crippen LogP) is 4.41. The SMILES string of the molecule is CCc1ccc(C(c2ccc(F)cc2F)N2CCCC(C(=O)O)C2)cc1. The van der Waals surface area contributed by atoms with E-state index in [-0.39, 0.29) is 0 Å². The van der Waals surface area contributed by atoms with E-state index < -0.39 is 29.6 Å². The maximum atomic E-state index is 14.6. The molecular formula is C21H23F2NO2. The van der Waals surface area contributed by atoms with Crippen LogP contribution in [0, 0.1) is 17.6 Å². The van der Waals surface area contributed by atoms with Gasteiger partial charge in [0.25, 0.3) is 0 Å². The summed E-state index contributed by atoms with van der Waals surface area (Å²) in [6.45, 7) is 3.10. The molecule has 0 spiro atoms. The van der Waals surface area contributed by atoms with Crippen molar-refractivity contribution in [2.24, 2.45) is 5.92 Å². The quantitative estimate of drug-likeness (QED) is 0.859. The van der Waals surface area contributed by atoms with Gasteiger partial charge in [-0.25, -0.2) is 8.78 Å². The highest BCUT2D eigenvalue weighted by Crippen LogP contribution is 2.34. The van der Waals surface area contributed by atoms with E-state index in [9.17, 15) is 18.7 Å². The van der Waals surface area contributed by atoms with Crippen molar-refractivity contribution in [3.63, 3.8) is 0 Å². The average molecular weight is 359 g/mol. The fourth-order valence-electron chi connectivity index (χ4n) is 3.69. The molecule has 2 atom stereocenters. The molecule has 5 heteroatoms. The van der Waals surface area contributed by atoms with Crippen molar-refractivity contribution in [3.05, 3.63) is 70.8 Å². The van der Waals surface area contributed by atoms with Gasteiger partial charge < -0.3 is 5.11 Å². The molecule has 2 aromatic carbocycles. The van der Waals surface area contributed by atoms with Gasteiger partial charge in [0.05, 0.1) is 12.0 Å². The van der Waals surface area contributed by atoms with E-state index in [0.29, 0.717) is 25.1 Å². The zero-order valence-corrected chi connectivity index (χ0v) is 14.8. The lowest BCUT2D eigenvalue weighted by atomic mass is 9.90. The molecule has 138 valence electrons. The molecule has 2 aromatic rings. The Morgan fingerprint density at radius 1 is 1.23 bits per heavy atom. The Bertz CT molecular complexity index is 776. The third-order valence-corrected chi connectivity index (χ3v) is 5.13. The minimum atomic E-state index is -0.825. The molecule has 26 heavy (non-hydrogen) atoms. The van der Waals surface area contributed by atoms with Crippen LogP contribution >= 0.6 is 0 Å². The Hall–Kier alpha value is -2.27. The topological polar surface area (TPSA) is 40.5 Å². The maximum absolute atomic E-state index is 14.6. The molecule has 3 rings (SSSR count). The maximum Gasteiger partial charge on any atom is 0.307 e. The summed E-state index contributed by atoms with van der Waals surface area (Å²) in [5.74, 6) is -2.51. The number of carbonyl (C=O) groups is 1. The molecule has 0 bridgehead atoms. The third-order valence-electron chi connectivity index (χ3n) is 5.13. The largest absolute Gasteiger partial charge is 0.481 e. The minimum Gasteiger partial charge on any atom is -0.481 e. The number of benzene rings is 2. The molecule has 1 aliphatic rings. The third kappa shape index (κ3) is 3.93. The van der Waals surface area contributed by atoms with Gasteiger partial charge in [-0.2, -0.15) is 0 Å². The van der Waals surface area contributed by atoms with E-state index in [0.717, 1.165) is 24.5 Å². The van der Waals surface area contributed by atoms with E-state index in [1.807, 2.05) is 29.2 Å². The van der Waals surface area contributed by atoms with Crippen molar-refractivity contribution in [1.29, 1.82) is 0 Å². The molecular weight excluding hydrogens is 336 g/mol. The summed E-state index contributed by atoms with van der Waals surface area (Å²) in [7, 11) is 0. The average Bonchev–Trinajstić information content (AvgIpc) is 2.64. The number of nitrogens with zero attached hydrogens (tertiary/aromatic N) is 1. The number of halogens is 2. The number of hydrogen-bond donors (Lipinski definition) is 1. The summed E-state index contributed by atoms with van der Waals surface area (Å²) in [5.41, 5.74) is 2.44. The van der Waals surface area contributed by atoms with Crippen LogP contribution in [0.1, 0.15) is 42.5 Å². The standard InChI is InChI=1S/C21H23F2NO2/c1-2-14-5-7-15(8-6-14)20(18-10-9-17(22)12-19(18)23)24-11-3-4-16(13-24)21(25)26/h5-10,12,16,20H,2-4,11,13H2,1H3,(H,25,26). The van der Waals surface area contributed by atoms with Crippen molar-refractivity contribution in [1.82, 2.24) is 4.90 Å². The van der Waals surface area contributed by atoms with Crippen LogP contribution in [0.4, 0.5) is 8.78 Å². The van der Waals surface area contributed by atoms with Crippen LogP contribution in [0.15, 0.2) is 42.5 Å². The van der Waals surface area contributed by atoms with Crippen molar-refractivity contribution < 1.29 is 18.7 Å². The van der Waals surface area contributed by atoms with Crippen LogP contribution in [-0.2, 0) is 11.2 Å². The van der Waals surface area contributed by atoms with E-state index in [2.05, 4.69) is 6.92 Å². The fourth-order valence-corrected chi connectivity index (χ4v) is 3.69. The second kappa shape index (κ2) is 7.96. The molecule has 1 heterocycles. The second-order valence-electron chi connectivity index (χ2n) is 6.84. The van der Waals surface area contributed by atoms with Gasteiger partial charge in [-0.1, -0.05) is 37.3 Å². The molecule has 1 saturated heterocycles. The van der Waals surface area contributed by atoms with Gasteiger partial charge in [0, 0.05) is 18.2 Å². The molecule has 2 unspecified atom stereocenters. The Morgan fingerprint density at radius 2 is 1.96 bits per heavy atom. The first-order chi connectivity index (χ1) is 12.5. The summed E-state index contributed by atoms with van der Waals surface area (Å²) in [6, 6.07) is 11.1. The van der Waals surface area contributed by atoms with Crippen molar-refractivity contribution in [3.8, 4) is 0 Å². The van der Waals surface area contributed by atoms with Crippen LogP contribution in [-0.4, -0.2) is 29.1 Å². The highest BCUT2D eigenvalue weighted by molar-refractivity contribution is 5.70. The van der Waals surface area contributed by atoms with E-state index in [1.54, 1.807) is 0 Å². The molecule has 0 amide bonds. The van der Waals surface area contributed by atoms with Gasteiger partial charge in [-0.15, -0.1) is 0 Å². The zero-order chi connectivity index (χ0) is 18.7. The summed E-state index contributed by atoms with van der Waals surface area (Å²) >= 11 is 0. The van der Waals surface area contributed by atoms with Crippen molar-refractivity contribution in [2.75, 3.05) is 13.1 Å². The number of hydrogen-bond acceptors (Lipinski definition) is 2. The normalized spacial score (nSPS) is 19.3. The lowest BCUT2D eigenvalue weighted by Gasteiger charge is -2.37. The molecule has 1 aliphatic heterocycles. The Morgan fingerprint density at radius 3 is 2.58 bits per heavy atom. The summed E-state index contributed by atoms with van der Waals surface area (Å²) in [5, 5.41) is 9.39. The number of likely N-dealkylation sites (tertiary alicyclic amines) is 1. The highest BCUT2D eigenvalue weighted by Gasteiger charge is 2.32. The van der Waals surface area contributed by atoms with Crippen molar-refractivity contribution >= 4 is 5.97 Å². The van der Waals surface area contributed by atoms with Gasteiger partial charge in [0.15, 0.2) is 0 Å². The van der Waals surface area contributed by atoms with Gasteiger partial charge in [0.2, 0.25) is 0 Å². The van der Waals surface area contributed by atoms with Crippen molar-refractivity contribution in [2.45, 2.75) is 32.2 Å². The lowest BCUT2D eigenvalue weighted by molar-refractivity contribution is -0.143. The lowest BCUT2D eigenvalue weighted by Crippen LogP contribution is -2.41. The van der Waals surface area contributed by atoms with Crippen LogP contribution in [0.5, 0.6) is 0 Å². The zero-order valence-electron chi connectivity index (χ0n) is 14.8. The number of aliphatic carboxylic acids is 1. The Kier molecular flexibility index (Phi) is 5.67. The van der Waals surface area contributed by atoms with Gasteiger partial charge in [-0.05, 0) is 43.0 Å². The number of carboxylic acids is 1.